The molecule has 0 bridgehead atoms. The molecule has 2 aliphatic heterocycles. The normalized spacial score (nSPS) is 30.7. The van der Waals surface area contributed by atoms with Gasteiger partial charge >= 0.3 is 0 Å². The number of piperidine rings is 1. The van der Waals surface area contributed by atoms with E-state index in [-0.39, 0.29) is 0 Å². The molecule has 2 heterocycles. The average molecular weight is 239 g/mol. The molecule has 0 radical (unpaired) electrons. The quantitative estimate of drug-likeness (QED) is 0.786. The van der Waals surface area contributed by atoms with Crippen molar-refractivity contribution < 1.29 is 0 Å². The molecule has 2 rings (SSSR count). The van der Waals surface area contributed by atoms with Gasteiger partial charge in [0.15, 0.2) is 0 Å². The van der Waals surface area contributed by atoms with Crippen LogP contribution < -0.4 is 5.32 Å². The van der Waals surface area contributed by atoms with Crippen molar-refractivity contribution in [2.45, 2.75) is 45.2 Å². The van der Waals surface area contributed by atoms with Gasteiger partial charge in [-0.2, -0.15) is 0 Å². The minimum atomic E-state index is 0.742. The molecule has 0 aliphatic carbocycles. The fourth-order valence-electron chi connectivity index (χ4n) is 3.32. The Bertz CT molecular complexity index is 222. The van der Waals surface area contributed by atoms with E-state index in [0.717, 1.165) is 18.0 Å². The van der Waals surface area contributed by atoms with Crippen molar-refractivity contribution >= 4 is 0 Å². The Labute approximate surface area is 107 Å². The van der Waals surface area contributed by atoms with Crippen LogP contribution in [-0.4, -0.2) is 61.7 Å². The first-order valence-corrected chi connectivity index (χ1v) is 7.33. The first kappa shape index (κ1) is 13.3. The molecule has 1 N–H and O–H groups in total. The van der Waals surface area contributed by atoms with Gasteiger partial charge in [0.2, 0.25) is 0 Å². The highest BCUT2D eigenvalue weighted by Crippen LogP contribution is 2.22. The SMILES string of the molecule is CC(C)C1CNCCCN1C1CCN(C)CC1. The molecule has 0 amide bonds. The van der Waals surface area contributed by atoms with Crippen molar-refractivity contribution in [1.29, 1.82) is 0 Å². The van der Waals surface area contributed by atoms with Crippen LogP contribution >= 0.6 is 0 Å². The zero-order valence-corrected chi connectivity index (χ0v) is 11.8. The summed E-state index contributed by atoms with van der Waals surface area (Å²) in [6.45, 7) is 11.0. The Balaban J connectivity index is 1.99. The van der Waals surface area contributed by atoms with Crippen LogP contribution in [-0.2, 0) is 0 Å². The van der Waals surface area contributed by atoms with Gasteiger partial charge in [-0.15, -0.1) is 0 Å². The predicted octanol–water partition coefficient (Wildman–Crippen LogP) is 1.40. The third-order valence-electron chi connectivity index (χ3n) is 4.48. The summed E-state index contributed by atoms with van der Waals surface area (Å²) in [6, 6.07) is 1.57. The van der Waals surface area contributed by atoms with Crippen molar-refractivity contribution in [3.05, 3.63) is 0 Å². The first-order chi connectivity index (χ1) is 8.18. The van der Waals surface area contributed by atoms with Gasteiger partial charge in [-0.05, 0) is 58.4 Å². The van der Waals surface area contributed by atoms with Gasteiger partial charge < -0.3 is 10.2 Å². The van der Waals surface area contributed by atoms with Gasteiger partial charge in [-0.1, -0.05) is 13.8 Å². The summed E-state index contributed by atoms with van der Waals surface area (Å²) in [4.78, 5) is 5.29. The molecule has 2 saturated heterocycles. The maximum atomic E-state index is 3.60. The largest absolute Gasteiger partial charge is 0.315 e. The van der Waals surface area contributed by atoms with Crippen LogP contribution in [0.1, 0.15) is 33.1 Å². The number of rotatable bonds is 2. The van der Waals surface area contributed by atoms with Crippen molar-refractivity contribution in [3.8, 4) is 0 Å². The summed E-state index contributed by atoms with van der Waals surface area (Å²) in [7, 11) is 2.25. The Hall–Kier alpha value is -0.120. The van der Waals surface area contributed by atoms with Crippen molar-refractivity contribution in [1.82, 2.24) is 15.1 Å². The minimum Gasteiger partial charge on any atom is -0.315 e. The fourth-order valence-corrected chi connectivity index (χ4v) is 3.32. The third kappa shape index (κ3) is 3.43. The number of hydrogen-bond donors (Lipinski definition) is 1. The second-order valence-corrected chi connectivity index (χ2v) is 6.14. The van der Waals surface area contributed by atoms with E-state index in [4.69, 9.17) is 0 Å². The molecule has 3 nitrogen and oxygen atoms in total. The Morgan fingerprint density at radius 1 is 1.12 bits per heavy atom. The van der Waals surface area contributed by atoms with E-state index in [1.165, 1.54) is 52.0 Å². The lowest BCUT2D eigenvalue weighted by molar-refractivity contribution is 0.0683. The summed E-state index contributed by atoms with van der Waals surface area (Å²) in [5, 5.41) is 3.60. The van der Waals surface area contributed by atoms with Crippen LogP contribution in [0.25, 0.3) is 0 Å². The Kier molecular flexibility index (Phi) is 4.83. The molecular weight excluding hydrogens is 210 g/mol. The molecule has 1 atom stereocenters. The van der Waals surface area contributed by atoms with Crippen LogP contribution in [0.2, 0.25) is 0 Å². The number of nitrogens with one attached hydrogen (secondary N) is 1. The van der Waals surface area contributed by atoms with E-state index >= 15 is 0 Å². The van der Waals surface area contributed by atoms with Gasteiger partial charge in [0.05, 0.1) is 0 Å². The number of nitrogens with zero attached hydrogens (tertiary/aromatic N) is 2. The number of hydrogen-bond acceptors (Lipinski definition) is 3. The van der Waals surface area contributed by atoms with Gasteiger partial charge in [-0.25, -0.2) is 0 Å². The highest BCUT2D eigenvalue weighted by atomic mass is 15.2. The molecule has 17 heavy (non-hydrogen) atoms. The fraction of sp³-hybridized carbons (Fsp3) is 1.00. The van der Waals surface area contributed by atoms with Gasteiger partial charge in [0.1, 0.15) is 0 Å². The van der Waals surface area contributed by atoms with Crippen molar-refractivity contribution in [2.24, 2.45) is 5.92 Å². The van der Waals surface area contributed by atoms with Gasteiger partial charge in [-0.3, -0.25) is 4.90 Å². The highest BCUT2D eigenvalue weighted by Gasteiger charge is 2.31. The summed E-state index contributed by atoms with van der Waals surface area (Å²) in [6.07, 6.45) is 4.04. The molecule has 0 saturated carbocycles. The number of likely N-dealkylation sites (tertiary alicyclic amines) is 1. The average Bonchev–Trinajstić information content (AvgIpc) is 2.55. The third-order valence-corrected chi connectivity index (χ3v) is 4.48. The van der Waals surface area contributed by atoms with Crippen LogP contribution in [0.15, 0.2) is 0 Å². The molecule has 3 heteroatoms. The van der Waals surface area contributed by atoms with E-state index < -0.39 is 0 Å². The molecule has 0 aromatic carbocycles. The second-order valence-electron chi connectivity index (χ2n) is 6.14. The Morgan fingerprint density at radius 2 is 1.82 bits per heavy atom. The lowest BCUT2D eigenvalue weighted by Crippen LogP contribution is -2.52. The maximum absolute atomic E-state index is 3.60. The van der Waals surface area contributed by atoms with Crippen LogP contribution in [0.5, 0.6) is 0 Å². The van der Waals surface area contributed by atoms with Crippen LogP contribution in [0.3, 0.4) is 0 Å². The molecular formula is C14H29N3. The monoisotopic (exact) mass is 239 g/mol. The molecule has 0 aromatic heterocycles. The summed E-state index contributed by atoms with van der Waals surface area (Å²) >= 11 is 0. The van der Waals surface area contributed by atoms with Crippen molar-refractivity contribution in [2.75, 3.05) is 39.8 Å². The second kappa shape index (κ2) is 6.17. The molecule has 0 spiro atoms. The molecule has 1 unspecified atom stereocenters. The first-order valence-electron chi connectivity index (χ1n) is 7.33. The zero-order valence-electron chi connectivity index (χ0n) is 11.8. The van der Waals surface area contributed by atoms with E-state index in [2.05, 4.69) is 36.0 Å². The smallest absolute Gasteiger partial charge is 0.0246 e. The zero-order chi connectivity index (χ0) is 12.3. The molecule has 0 aromatic rings. The summed E-state index contributed by atoms with van der Waals surface area (Å²) in [5.41, 5.74) is 0. The standard InChI is InChI=1S/C14H29N3/c1-12(2)14-11-15-7-4-8-17(14)13-5-9-16(3)10-6-13/h12-15H,4-11H2,1-3H3. The Morgan fingerprint density at radius 3 is 2.47 bits per heavy atom. The maximum Gasteiger partial charge on any atom is 0.0246 e. The van der Waals surface area contributed by atoms with E-state index in [1.54, 1.807) is 0 Å². The topological polar surface area (TPSA) is 18.5 Å². The van der Waals surface area contributed by atoms with Crippen LogP contribution in [0.4, 0.5) is 0 Å². The molecule has 100 valence electrons. The van der Waals surface area contributed by atoms with E-state index in [0.29, 0.717) is 0 Å². The van der Waals surface area contributed by atoms with Crippen molar-refractivity contribution in [3.63, 3.8) is 0 Å². The molecule has 2 fully saturated rings. The lowest BCUT2D eigenvalue weighted by atomic mass is 9.96. The minimum absolute atomic E-state index is 0.742. The van der Waals surface area contributed by atoms with Gasteiger partial charge in [0.25, 0.3) is 0 Å². The molecule has 2 aliphatic rings. The summed E-state index contributed by atoms with van der Waals surface area (Å²) in [5.74, 6) is 0.764. The van der Waals surface area contributed by atoms with Gasteiger partial charge in [0, 0.05) is 18.6 Å². The van der Waals surface area contributed by atoms with E-state index in [1.807, 2.05) is 0 Å². The highest BCUT2D eigenvalue weighted by molar-refractivity contribution is 4.87. The van der Waals surface area contributed by atoms with E-state index in [9.17, 15) is 0 Å². The lowest BCUT2D eigenvalue weighted by Gasteiger charge is -2.42. The predicted molar refractivity (Wildman–Crippen MR) is 73.3 cm³/mol. The summed E-state index contributed by atoms with van der Waals surface area (Å²) < 4.78 is 0. The van der Waals surface area contributed by atoms with Crippen LogP contribution in [0, 0.1) is 5.92 Å².